The molecule has 140 valence electrons. The van der Waals surface area contributed by atoms with Crippen LogP contribution in [-0.4, -0.2) is 43.6 Å². The number of nitrogens with zero attached hydrogens (tertiary/aromatic N) is 3. The number of hydrogen-bond donors (Lipinski definition) is 1. The first-order chi connectivity index (χ1) is 12.5. The van der Waals surface area contributed by atoms with Gasteiger partial charge < -0.3 is 10.0 Å². The zero-order valence-electron chi connectivity index (χ0n) is 15.1. The number of piperidine rings is 1. The average Bonchev–Trinajstić information content (AvgIpc) is 2.92. The van der Waals surface area contributed by atoms with Crippen LogP contribution >= 0.6 is 0 Å². The fourth-order valence-electron chi connectivity index (χ4n) is 3.77. The number of carboxylic acid groups (broad SMARTS) is 1. The fraction of sp³-hybridized carbons (Fsp3) is 0.526. The van der Waals surface area contributed by atoms with Gasteiger partial charge in [-0.05, 0) is 37.8 Å². The number of aliphatic carboxylic acids is 1. The number of hydrogen-bond acceptors (Lipinski definition) is 3. The third kappa shape index (κ3) is 3.38. The van der Waals surface area contributed by atoms with Crippen molar-refractivity contribution in [3.63, 3.8) is 0 Å². The monoisotopic (exact) mass is 359 g/mol. The number of amides is 1. The van der Waals surface area contributed by atoms with Crippen LogP contribution in [0.2, 0.25) is 0 Å². The summed E-state index contributed by atoms with van der Waals surface area (Å²) in [7, 11) is 0. The Morgan fingerprint density at radius 1 is 1.12 bits per heavy atom. The molecule has 26 heavy (non-hydrogen) atoms. The summed E-state index contributed by atoms with van der Waals surface area (Å²) in [6.07, 6.45) is 3.12. The molecule has 1 aliphatic heterocycles. The van der Waals surface area contributed by atoms with E-state index in [4.69, 9.17) is 0 Å². The SMILES string of the molecule is CCCn1c(=O)n(CCC(=O)N2CCCCC2C(=O)O)c2ccccc21. The number of carboxylic acids is 1. The number of carbonyl (C=O) groups is 2. The quantitative estimate of drug-likeness (QED) is 0.856. The van der Waals surface area contributed by atoms with Gasteiger partial charge in [0.15, 0.2) is 0 Å². The van der Waals surface area contributed by atoms with Gasteiger partial charge in [-0.25, -0.2) is 9.59 Å². The second-order valence-electron chi connectivity index (χ2n) is 6.76. The van der Waals surface area contributed by atoms with E-state index in [0.717, 1.165) is 30.3 Å². The Morgan fingerprint density at radius 3 is 2.38 bits per heavy atom. The van der Waals surface area contributed by atoms with E-state index in [1.54, 1.807) is 9.13 Å². The number of benzene rings is 1. The van der Waals surface area contributed by atoms with Crippen LogP contribution in [0.15, 0.2) is 29.1 Å². The van der Waals surface area contributed by atoms with Crippen LogP contribution in [0, 0.1) is 0 Å². The predicted molar refractivity (Wildman–Crippen MR) is 98.1 cm³/mol. The Balaban J connectivity index is 1.81. The van der Waals surface area contributed by atoms with E-state index >= 15 is 0 Å². The highest BCUT2D eigenvalue weighted by atomic mass is 16.4. The highest BCUT2D eigenvalue weighted by Crippen LogP contribution is 2.19. The maximum Gasteiger partial charge on any atom is 0.329 e. The van der Waals surface area contributed by atoms with Crippen molar-refractivity contribution in [1.29, 1.82) is 0 Å². The largest absolute Gasteiger partial charge is 0.480 e. The van der Waals surface area contributed by atoms with Crippen LogP contribution in [-0.2, 0) is 22.7 Å². The smallest absolute Gasteiger partial charge is 0.329 e. The molecule has 1 fully saturated rings. The Labute approximate surface area is 151 Å². The standard InChI is InChI=1S/C19H25N3O4/c1-2-11-21-14-7-3-4-8-15(14)22(19(21)26)13-10-17(23)20-12-6-5-9-16(20)18(24)25/h3-4,7-8,16H,2,5-6,9-13H2,1H3,(H,24,25). The number of rotatable bonds is 6. The van der Waals surface area contributed by atoms with Gasteiger partial charge in [0.1, 0.15) is 6.04 Å². The van der Waals surface area contributed by atoms with Gasteiger partial charge in [0.2, 0.25) is 5.91 Å². The fourth-order valence-corrected chi connectivity index (χ4v) is 3.77. The first-order valence-corrected chi connectivity index (χ1v) is 9.25. The molecule has 1 saturated heterocycles. The summed E-state index contributed by atoms with van der Waals surface area (Å²) < 4.78 is 3.36. The van der Waals surface area contributed by atoms with Crippen molar-refractivity contribution >= 4 is 22.9 Å². The number of imidazole rings is 1. The molecule has 1 unspecified atom stereocenters. The summed E-state index contributed by atoms with van der Waals surface area (Å²) in [6.45, 7) is 3.39. The minimum absolute atomic E-state index is 0.116. The zero-order valence-corrected chi connectivity index (χ0v) is 15.1. The molecule has 1 N–H and O–H groups in total. The van der Waals surface area contributed by atoms with Crippen molar-refractivity contribution in [2.75, 3.05) is 6.54 Å². The molecule has 2 aromatic rings. The summed E-state index contributed by atoms with van der Waals surface area (Å²) in [5, 5.41) is 9.34. The molecule has 0 saturated carbocycles. The molecule has 3 rings (SSSR count). The van der Waals surface area contributed by atoms with Crippen LogP contribution in [0.1, 0.15) is 39.0 Å². The second kappa shape index (κ2) is 7.76. The highest BCUT2D eigenvalue weighted by molar-refractivity contribution is 5.84. The molecule has 7 heteroatoms. The van der Waals surface area contributed by atoms with Gasteiger partial charge in [0.25, 0.3) is 0 Å². The second-order valence-corrected chi connectivity index (χ2v) is 6.76. The van der Waals surface area contributed by atoms with Gasteiger partial charge in [-0.1, -0.05) is 19.1 Å². The summed E-state index contributed by atoms with van der Waals surface area (Å²) in [4.78, 5) is 38.2. The lowest BCUT2D eigenvalue weighted by molar-refractivity contribution is -0.152. The Kier molecular flexibility index (Phi) is 5.44. The molecule has 0 bridgehead atoms. The first kappa shape index (κ1) is 18.2. The molecule has 1 amide bonds. The molecular weight excluding hydrogens is 334 g/mol. The van der Waals surface area contributed by atoms with Gasteiger partial charge >= 0.3 is 11.7 Å². The molecule has 1 aliphatic rings. The zero-order chi connectivity index (χ0) is 18.7. The normalized spacial score (nSPS) is 17.6. The molecule has 7 nitrogen and oxygen atoms in total. The lowest BCUT2D eigenvalue weighted by Gasteiger charge is -2.33. The Hall–Kier alpha value is -2.57. The maximum absolute atomic E-state index is 12.7. The molecule has 1 atom stereocenters. The van der Waals surface area contributed by atoms with Crippen molar-refractivity contribution in [3.05, 3.63) is 34.7 Å². The van der Waals surface area contributed by atoms with E-state index < -0.39 is 12.0 Å². The molecule has 0 spiro atoms. The summed E-state index contributed by atoms with van der Waals surface area (Å²) in [5.74, 6) is -1.15. The lowest BCUT2D eigenvalue weighted by atomic mass is 10.0. The van der Waals surface area contributed by atoms with Gasteiger partial charge in [-0.15, -0.1) is 0 Å². The molecule has 1 aromatic carbocycles. The van der Waals surface area contributed by atoms with Crippen molar-refractivity contribution in [3.8, 4) is 0 Å². The van der Waals surface area contributed by atoms with Crippen molar-refractivity contribution in [2.45, 2.75) is 58.2 Å². The van der Waals surface area contributed by atoms with Crippen LogP contribution in [0.25, 0.3) is 11.0 Å². The van der Waals surface area contributed by atoms with Crippen LogP contribution in [0.5, 0.6) is 0 Å². The van der Waals surface area contributed by atoms with Crippen LogP contribution in [0.4, 0.5) is 0 Å². The van der Waals surface area contributed by atoms with E-state index in [0.29, 0.717) is 19.5 Å². The summed E-state index contributed by atoms with van der Waals surface area (Å²) >= 11 is 0. The van der Waals surface area contributed by atoms with Gasteiger partial charge in [-0.2, -0.15) is 0 Å². The predicted octanol–water partition coefficient (Wildman–Crippen LogP) is 2.07. The summed E-state index contributed by atoms with van der Waals surface area (Å²) in [6, 6.07) is 6.83. The van der Waals surface area contributed by atoms with E-state index in [1.165, 1.54) is 4.90 Å². The molecule has 0 aliphatic carbocycles. The maximum atomic E-state index is 12.7. The number of carbonyl (C=O) groups excluding carboxylic acids is 1. The molecular formula is C19H25N3O4. The van der Waals surface area contributed by atoms with E-state index in [1.807, 2.05) is 31.2 Å². The Bertz CT molecular complexity index is 867. The van der Waals surface area contributed by atoms with Gasteiger partial charge in [-0.3, -0.25) is 13.9 Å². The molecule has 2 heterocycles. The topological polar surface area (TPSA) is 84.5 Å². The Morgan fingerprint density at radius 2 is 1.77 bits per heavy atom. The third-order valence-electron chi connectivity index (χ3n) is 5.03. The molecule has 1 aromatic heterocycles. The van der Waals surface area contributed by atoms with Gasteiger partial charge in [0, 0.05) is 26.1 Å². The number of aromatic nitrogens is 2. The first-order valence-electron chi connectivity index (χ1n) is 9.25. The van der Waals surface area contributed by atoms with Crippen molar-refractivity contribution in [2.24, 2.45) is 0 Å². The highest BCUT2D eigenvalue weighted by Gasteiger charge is 2.31. The van der Waals surface area contributed by atoms with Crippen molar-refractivity contribution < 1.29 is 14.7 Å². The summed E-state index contributed by atoms with van der Waals surface area (Å²) in [5.41, 5.74) is 1.56. The number of para-hydroxylation sites is 2. The van der Waals surface area contributed by atoms with Crippen molar-refractivity contribution in [1.82, 2.24) is 14.0 Å². The number of fused-ring (bicyclic) bond motifs is 1. The van der Waals surface area contributed by atoms with E-state index in [-0.39, 0.29) is 24.6 Å². The number of aryl methyl sites for hydroxylation is 2. The minimum atomic E-state index is -0.949. The van der Waals surface area contributed by atoms with E-state index in [2.05, 4.69) is 0 Å². The van der Waals surface area contributed by atoms with Gasteiger partial charge in [0.05, 0.1) is 11.0 Å². The lowest BCUT2D eigenvalue weighted by Crippen LogP contribution is -2.48. The average molecular weight is 359 g/mol. The van der Waals surface area contributed by atoms with E-state index in [9.17, 15) is 19.5 Å². The number of likely N-dealkylation sites (tertiary alicyclic amines) is 1. The van der Waals surface area contributed by atoms with Crippen LogP contribution < -0.4 is 5.69 Å². The molecule has 0 radical (unpaired) electrons. The minimum Gasteiger partial charge on any atom is -0.480 e. The third-order valence-corrected chi connectivity index (χ3v) is 5.03. The van der Waals surface area contributed by atoms with Crippen LogP contribution in [0.3, 0.4) is 0 Å².